The highest BCUT2D eigenvalue weighted by Gasteiger charge is 2.18. The molecule has 2 N–H and O–H groups in total. The summed E-state index contributed by atoms with van der Waals surface area (Å²) >= 11 is 0. The van der Waals surface area contributed by atoms with E-state index in [4.69, 9.17) is 0 Å². The van der Waals surface area contributed by atoms with Gasteiger partial charge in [-0.25, -0.2) is 0 Å². The van der Waals surface area contributed by atoms with Crippen LogP contribution in [0, 0.1) is 0 Å². The average molecular weight is 281 g/mol. The third-order valence-corrected chi connectivity index (χ3v) is 4.59. The molecule has 0 bridgehead atoms. The lowest BCUT2D eigenvalue weighted by atomic mass is 10.0. The van der Waals surface area contributed by atoms with E-state index in [1.807, 2.05) is 4.90 Å². The number of amides is 1. The van der Waals surface area contributed by atoms with Crippen LogP contribution in [0.2, 0.25) is 0 Å². The van der Waals surface area contributed by atoms with E-state index >= 15 is 0 Å². The van der Waals surface area contributed by atoms with Crippen LogP contribution in [-0.4, -0.2) is 49.1 Å². The molecule has 1 amide bonds. The Labute approximate surface area is 123 Å². The van der Waals surface area contributed by atoms with Crippen molar-refractivity contribution in [2.24, 2.45) is 0 Å². The van der Waals surface area contributed by atoms with Gasteiger partial charge in [-0.3, -0.25) is 4.79 Å². The van der Waals surface area contributed by atoms with Crippen molar-refractivity contribution < 1.29 is 4.79 Å². The van der Waals surface area contributed by atoms with Crippen molar-refractivity contribution in [2.45, 2.75) is 70.4 Å². The number of likely N-dealkylation sites (tertiary alicyclic amines) is 1. The molecule has 0 spiro atoms. The third kappa shape index (κ3) is 5.41. The van der Waals surface area contributed by atoms with Crippen LogP contribution in [-0.2, 0) is 4.79 Å². The Balaban J connectivity index is 1.57. The number of carbonyl (C=O) groups excluding carboxylic acids is 1. The van der Waals surface area contributed by atoms with Gasteiger partial charge in [0.1, 0.15) is 0 Å². The van der Waals surface area contributed by atoms with Crippen molar-refractivity contribution in [3.05, 3.63) is 0 Å². The largest absolute Gasteiger partial charge is 0.343 e. The molecule has 4 nitrogen and oxygen atoms in total. The van der Waals surface area contributed by atoms with Gasteiger partial charge in [0.15, 0.2) is 0 Å². The Bertz CT molecular complexity index is 281. The highest BCUT2D eigenvalue weighted by molar-refractivity contribution is 5.76. The minimum atomic E-state index is 0.329. The second-order valence-corrected chi connectivity index (χ2v) is 6.43. The summed E-state index contributed by atoms with van der Waals surface area (Å²) in [4.78, 5) is 13.9. The van der Waals surface area contributed by atoms with Crippen LogP contribution >= 0.6 is 0 Å². The standard InChI is InChI=1S/C16H31N3O/c1-14(13-15-7-3-2-4-9-18-15)17-10-8-16(20)19-11-5-6-12-19/h14-15,17-18H,2-13H2,1H3. The molecular formula is C16H31N3O. The molecule has 0 aromatic rings. The van der Waals surface area contributed by atoms with Gasteiger partial charge in [0.2, 0.25) is 5.91 Å². The predicted octanol–water partition coefficient (Wildman–Crippen LogP) is 1.90. The van der Waals surface area contributed by atoms with Gasteiger partial charge in [-0.05, 0) is 45.6 Å². The lowest BCUT2D eigenvalue weighted by Crippen LogP contribution is -2.38. The SMILES string of the molecule is CC(CC1CCCCCN1)NCCC(=O)N1CCCC1. The fourth-order valence-corrected chi connectivity index (χ4v) is 3.36. The summed E-state index contributed by atoms with van der Waals surface area (Å²) in [5.41, 5.74) is 0. The smallest absolute Gasteiger partial charge is 0.223 e. The van der Waals surface area contributed by atoms with Crippen molar-refractivity contribution in [2.75, 3.05) is 26.2 Å². The molecule has 20 heavy (non-hydrogen) atoms. The molecule has 2 fully saturated rings. The van der Waals surface area contributed by atoms with E-state index in [-0.39, 0.29) is 0 Å². The normalized spacial score (nSPS) is 25.4. The van der Waals surface area contributed by atoms with Crippen LogP contribution < -0.4 is 10.6 Å². The van der Waals surface area contributed by atoms with Crippen molar-refractivity contribution in [1.82, 2.24) is 15.5 Å². The van der Waals surface area contributed by atoms with Gasteiger partial charge < -0.3 is 15.5 Å². The lowest BCUT2D eigenvalue weighted by molar-refractivity contribution is -0.130. The molecule has 2 unspecified atom stereocenters. The summed E-state index contributed by atoms with van der Waals surface area (Å²) in [6, 6.07) is 1.16. The predicted molar refractivity (Wildman–Crippen MR) is 82.8 cm³/mol. The molecule has 0 saturated carbocycles. The van der Waals surface area contributed by atoms with Crippen molar-refractivity contribution in [3.8, 4) is 0 Å². The number of hydrogen-bond acceptors (Lipinski definition) is 3. The summed E-state index contributed by atoms with van der Waals surface area (Å²) in [7, 11) is 0. The van der Waals surface area contributed by atoms with Crippen LogP contribution in [0.15, 0.2) is 0 Å². The maximum Gasteiger partial charge on any atom is 0.223 e. The molecule has 4 heteroatoms. The van der Waals surface area contributed by atoms with Gasteiger partial charge in [-0.2, -0.15) is 0 Å². The highest BCUT2D eigenvalue weighted by Crippen LogP contribution is 2.13. The van der Waals surface area contributed by atoms with Gasteiger partial charge in [0.05, 0.1) is 0 Å². The molecule has 0 radical (unpaired) electrons. The minimum absolute atomic E-state index is 0.329. The summed E-state index contributed by atoms with van der Waals surface area (Å²) in [6.07, 6.45) is 9.56. The summed E-state index contributed by atoms with van der Waals surface area (Å²) in [5, 5.41) is 7.16. The molecule has 2 heterocycles. The molecule has 2 aliphatic heterocycles. The van der Waals surface area contributed by atoms with Gasteiger partial charge in [0, 0.05) is 38.1 Å². The van der Waals surface area contributed by atoms with E-state index < -0.39 is 0 Å². The van der Waals surface area contributed by atoms with Crippen molar-refractivity contribution in [3.63, 3.8) is 0 Å². The zero-order chi connectivity index (χ0) is 14.2. The Morgan fingerprint density at radius 3 is 2.85 bits per heavy atom. The zero-order valence-electron chi connectivity index (χ0n) is 13.0. The second kappa shape index (κ2) is 8.63. The molecule has 2 aliphatic rings. The van der Waals surface area contributed by atoms with Crippen molar-refractivity contribution in [1.29, 1.82) is 0 Å². The van der Waals surface area contributed by atoms with E-state index in [1.54, 1.807) is 0 Å². The van der Waals surface area contributed by atoms with E-state index in [9.17, 15) is 4.79 Å². The highest BCUT2D eigenvalue weighted by atomic mass is 16.2. The first-order chi connectivity index (χ1) is 9.75. The second-order valence-electron chi connectivity index (χ2n) is 6.43. The fourth-order valence-electron chi connectivity index (χ4n) is 3.36. The molecule has 2 rings (SSSR count). The first-order valence-corrected chi connectivity index (χ1v) is 8.50. The number of nitrogens with zero attached hydrogens (tertiary/aromatic N) is 1. The summed E-state index contributed by atoms with van der Waals surface area (Å²) in [5.74, 6) is 0.329. The van der Waals surface area contributed by atoms with Gasteiger partial charge >= 0.3 is 0 Å². The summed E-state index contributed by atoms with van der Waals surface area (Å²) < 4.78 is 0. The average Bonchev–Trinajstić information content (AvgIpc) is 2.85. The molecule has 0 aliphatic carbocycles. The van der Waals surface area contributed by atoms with Crippen LogP contribution in [0.25, 0.3) is 0 Å². The number of carbonyl (C=O) groups is 1. The lowest BCUT2D eigenvalue weighted by Gasteiger charge is -2.22. The van der Waals surface area contributed by atoms with E-state index in [0.29, 0.717) is 24.4 Å². The minimum Gasteiger partial charge on any atom is -0.343 e. The van der Waals surface area contributed by atoms with E-state index in [2.05, 4.69) is 17.6 Å². The van der Waals surface area contributed by atoms with Crippen LogP contribution in [0.5, 0.6) is 0 Å². The van der Waals surface area contributed by atoms with Crippen LogP contribution in [0.3, 0.4) is 0 Å². The van der Waals surface area contributed by atoms with Gasteiger partial charge in [-0.1, -0.05) is 12.8 Å². The maximum absolute atomic E-state index is 11.9. The van der Waals surface area contributed by atoms with Gasteiger partial charge in [0.25, 0.3) is 0 Å². The monoisotopic (exact) mass is 281 g/mol. The fraction of sp³-hybridized carbons (Fsp3) is 0.938. The number of rotatable bonds is 6. The summed E-state index contributed by atoms with van der Waals surface area (Å²) in [6.45, 7) is 6.18. The molecule has 2 saturated heterocycles. The Hall–Kier alpha value is -0.610. The Morgan fingerprint density at radius 2 is 2.05 bits per heavy atom. The molecule has 116 valence electrons. The zero-order valence-corrected chi connectivity index (χ0v) is 13.0. The number of hydrogen-bond donors (Lipinski definition) is 2. The maximum atomic E-state index is 11.9. The van der Waals surface area contributed by atoms with Gasteiger partial charge in [-0.15, -0.1) is 0 Å². The van der Waals surface area contributed by atoms with Crippen molar-refractivity contribution >= 4 is 5.91 Å². The first kappa shape index (κ1) is 15.8. The number of nitrogens with one attached hydrogen (secondary N) is 2. The first-order valence-electron chi connectivity index (χ1n) is 8.50. The quantitative estimate of drug-likeness (QED) is 0.781. The molecular weight excluding hydrogens is 250 g/mol. The molecule has 2 atom stereocenters. The topological polar surface area (TPSA) is 44.4 Å². The molecule has 0 aromatic carbocycles. The van der Waals surface area contributed by atoms with E-state index in [1.165, 1.54) is 51.5 Å². The third-order valence-electron chi connectivity index (χ3n) is 4.59. The van der Waals surface area contributed by atoms with Crippen LogP contribution in [0.1, 0.15) is 58.3 Å². The van der Waals surface area contributed by atoms with Crippen LogP contribution in [0.4, 0.5) is 0 Å². The Kier molecular flexibility index (Phi) is 6.80. The molecule has 0 aromatic heterocycles. The van der Waals surface area contributed by atoms with E-state index in [0.717, 1.165) is 19.6 Å². The Morgan fingerprint density at radius 1 is 1.25 bits per heavy atom.